The topological polar surface area (TPSA) is 212 Å². The first-order chi connectivity index (χ1) is 26.4. The highest BCUT2D eigenvalue weighted by atomic mass is 16.3. The van der Waals surface area contributed by atoms with Gasteiger partial charge in [0.25, 0.3) is 5.91 Å². The van der Waals surface area contributed by atoms with Crippen LogP contribution in [0, 0.1) is 11.8 Å². The number of carbonyl (C=O) groups is 7. The van der Waals surface area contributed by atoms with Gasteiger partial charge in [-0.3, -0.25) is 33.6 Å². The highest BCUT2D eigenvalue weighted by Crippen LogP contribution is 2.35. The Hall–Kier alpha value is -4.59. The smallest absolute Gasteiger partial charge is 0.268 e. The molecule has 0 bridgehead atoms. The number of aliphatic hydroxyl groups excluding tert-OH is 1. The highest BCUT2D eigenvalue weighted by Gasteiger charge is 2.46. The molecule has 1 aliphatic carbocycles. The van der Waals surface area contributed by atoms with Gasteiger partial charge < -0.3 is 36.3 Å². The number of H-pyrrole nitrogens is 1. The number of aromatic amines is 1. The number of nitrogens with zero attached hydrogens (tertiary/aromatic N) is 2. The summed E-state index contributed by atoms with van der Waals surface area (Å²) in [4.78, 5) is 100. The van der Waals surface area contributed by atoms with Gasteiger partial charge in [-0.1, -0.05) is 19.3 Å². The third-order valence-corrected chi connectivity index (χ3v) is 12.3. The summed E-state index contributed by atoms with van der Waals surface area (Å²) < 4.78 is 0. The first-order valence-corrected chi connectivity index (χ1v) is 20.2. The predicted molar refractivity (Wildman–Crippen MR) is 204 cm³/mol. The molecule has 6 atom stereocenters. The molecule has 4 heterocycles. The third-order valence-electron chi connectivity index (χ3n) is 12.3. The van der Waals surface area contributed by atoms with Crippen LogP contribution < -0.4 is 16.4 Å². The number of nitrogens with one attached hydrogen (secondary N) is 3. The number of nitrogens with two attached hydrogens (primary N) is 1. The largest absolute Gasteiger partial charge is 0.393 e. The Morgan fingerprint density at radius 3 is 2.36 bits per heavy atom. The molecule has 0 unspecified atom stereocenters. The second kappa shape index (κ2) is 17.9. The number of amides is 5. The molecule has 298 valence electrons. The fraction of sp³-hybridized carbons (Fsp3) is 0.634. The number of piperidine rings is 1. The molecule has 0 radical (unpaired) electrons. The molecule has 3 aliphatic heterocycles. The van der Waals surface area contributed by atoms with Gasteiger partial charge in [0.2, 0.25) is 23.6 Å². The molecule has 4 aliphatic rings. The van der Waals surface area contributed by atoms with Crippen LogP contribution in [0.4, 0.5) is 0 Å². The van der Waals surface area contributed by atoms with Crippen molar-refractivity contribution in [3.63, 3.8) is 0 Å². The Morgan fingerprint density at radius 2 is 1.65 bits per heavy atom. The van der Waals surface area contributed by atoms with Crippen LogP contribution >= 0.6 is 0 Å². The second-order valence-electron chi connectivity index (χ2n) is 16.2. The van der Waals surface area contributed by atoms with Crippen molar-refractivity contribution in [3.05, 3.63) is 35.5 Å². The average molecular weight is 761 g/mol. The number of hydrogen-bond donors (Lipinski definition) is 5. The van der Waals surface area contributed by atoms with E-state index in [4.69, 9.17) is 5.73 Å². The van der Waals surface area contributed by atoms with Crippen LogP contribution in [0.15, 0.2) is 24.3 Å². The lowest BCUT2D eigenvalue weighted by Gasteiger charge is -2.37. The minimum Gasteiger partial charge on any atom is -0.393 e. The van der Waals surface area contributed by atoms with Gasteiger partial charge in [-0.2, -0.15) is 0 Å². The molecule has 6 N–H and O–H groups in total. The molecule has 0 spiro atoms. The quantitative estimate of drug-likeness (QED) is 0.191. The van der Waals surface area contributed by atoms with Crippen molar-refractivity contribution in [2.45, 2.75) is 140 Å². The van der Waals surface area contributed by atoms with Gasteiger partial charge in [0, 0.05) is 54.4 Å². The summed E-state index contributed by atoms with van der Waals surface area (Å²) in [6.07, 6.45) is 8.15. The number of benzene rings is 1. The molecule has 55 heavy (non-hydrogen) atoms. The minimum atomic E-state index is -1.09. The van der Waals surface area contributed by atoms with Crippen LogP contribution in [0.1, 0.15) is 131 Å². The summed E-state index contributed by atoms with van der Waals surface area (Å²) in [6, 6.07) is 3.10. The lowest BCUT2D eigenvalue weighted by Crippen LogP contribution is -2.58. The van der Waals surface area contributed by atoms with E-state index in [1.165, 1.54) is 11.8 Å². The normalized spacial score (nSPS) is 24.7. The summed E-state index contributed by atoms with van der Waals surface area (Å²) in [5.41, 5.74) is 6.84. The molecule has 1 aromatic heterocycles. The second-order valence-corrected chi connectivity index (χ2v) is 16.2. The number of rotatable bonds is 13. The zero-order chi connectivity index (χ0) is 39.2. The standard InChI is InChI=1S/C41H56N6O8/c1-24(48)26-10-13-31-27(20-26)21-34(43-31)38(52)45-33-14-12-29(49)22-28-11-16-35(47(28)41(33)55)39(53)44-32(15-17-37(42)51)36(50)23-30(25-8-4-2-5-9-25)40(54)46-18-6-3-7-19-46/h10,13,20-21,25,28-30,32-33,35,43,49H,2-9,11-12,14-19,22-23H2,1H3,(H2,42,51)(H,44,53)(H,45,52)/t28-,29-,30+,32+,33+,35+/m1/s1. The van der Waals surface area contributed by atoms with E-state index in [9.17, 15) is 38.7 Å². The van der Waals surface area contributed by atoms with Gasteiger partial charge in [0.05, 0.1) is 12.1 Å². The first-order valence-electron chi connectivity index (χ1n) is 20.2. The van der Waals surface area contributed by atoms with Crippen molar-refractivity contribution in [1.29, 1.82) is 0 Å². The van der Waals surface area contributed by atoms with E-state index in [0.29, 0.717) is 36.0 Å². The number of ketones is 2. The Bertz CT molecular complexity index is 1780. The van der Waals surface area contributed by atoms with Crippen LogP contribution in [0.2, 0.25) is 0 Å². The molecule has 1 saturated carbocycles. The maximum atomic E-state index is 14.3. The lowest BCUT2D eigenvalue weighted by atomic mass is 9.76. The maximum Gasteiger partial charge on any atom is 0.268 e. The predicted octanol–water partition coefficient (Wildman–Crippen LogP) is 3.29. The fourth-order valence-corrected chi connectivity index (χ4v) is 9.21. The number of hydrogen-bond acceptors (Lipinski definition) is 8. The maximum absolute atomic E-state index is 14.3. The Kier molecular flexibility index (Phi) is 13.1. The molecule has 14 heteroatoms. The number of likely N-dealkylation sites (tertiary alicyclic amines) is 1. The SMILES string of the molecule is CC(=O)c1ccc2[nH]c(C(=O)N[C@H]3CC[C@@H](O)C[C@H]4CC[C@@H](C(=O)N[C@@H](CCC(N)=O)C(=O)C[C@H](C(=O)N5CCCCC5)C5CCCCC5)N4C3=O)cc2c1. The lowest BCUT2D eigenvalue weighted by molar-refractivity contribution is -0.145. The molecule has 1 aromatic carbocycles. The fourth-order valence-electron chi connectivity index (χ4n) is 9.21. The van der Waals surface area contributed by atoms with Crippen molar-refractivity contribution in [2.75, 3.05) is 13.1 Å². The number of carbonyl (C=O) groups excluding carboxylic acids is 7. The summed E-state index contributed by atoms with van der Waals surface area (Å²) in [7, 11) is 0. The molecular formula is C41H56N6O8. The number of fused-ring (bicyclic) bond motifs is 2. The number of Topliss-reactive ketones (excluding diaryl/α,β-unsaturated/α-hetero) is 2. The van der Waals surface area contributed by atoms with Crippen molar-refractivity contribution >= 4 is 52.0 Å². The molecule has 4 fully saturated rings. The van der Waals surface area contributed by atoms with Crippen molar-refractivity contribution < 1.29 is 38.7 Å². The van der Waals surface area contributed by atoms with Gasteiger partial charge in [0.1, 0.15) is 17.8 Å². The van der Waals surface area contributed by atoms with E-state index in [2.05, 4.69) is 15.6 Å². The summed E-state index contributed by atoms with van der Waals surface area (Å²) in [5, 5.41) is 17.2. The molecule has 3 saturated heterocycles. The number of aromatic nitrogens is 1. The van der Waals surface area contributed by atoms with Crippen LogP contribution in [0.3, 0.4) is 0 Å². The summed E-state index contributed by atoms with van der Waals surface area (Å²) in [6.45, 7) is 2.80. The van der Waals surface area contributed by atoms with Gasteiger partial charge in [-0.25, -0.2) is 0 Å². The third kappa shape index (κ3) is 9.63. The van der Waals surface area contributed by atoms with E-state index < -0.39 is 59.8 Å². The highest BCUT2D eigenvalue weighted by molar-refractivity contribution is 6.03. The molecule has 6 rings (SSSR count). The summed E-state index contributed by atoms with van der Waals surface area (Å²) in [5.74, 6) is -3.09. The Balaban J connectivity index is 1.18. The van der Waals surface area contributed by atoms with Gasteiger partial charge in [-0.05, 0) is 108 Å². The monoisotopic (exact) mass is 760 g/mol. The molecular weight excluding hydrogens is 704 g/mol. The van der Waals surface area contributed by atoms with Crippen LogP contribution in [-0.2, 0) is 24.0 Å². The Labute approximate surface area is 321 Å². The van der Waals surface area contributed by atoms with E-state index in [1.54, 1.807) is 24.3 Å². The van der Waals surface area contributed by atoms with Crippen molar-refractivity contribution in [1.82, 2.24) is 25.4 Å². The minimum absolute atomic E-state index is 0.00954. The van der Waals surface area contributed by atoms with Gasteiger partial charge in [0.15, 0.2) is 11.6 Å². The first kappa shape index (κ1) is 40.1. The van der Waals surface area contributed by atoms with Crippen LogP contribution in [0.5, 0.6) is 0 Å². The van der Waals surface area contributed by atoms with Crippen molar-refractivity contribution in [2.24, 2.45) is 17.6 Å². The van der Waals surface area contributed by atoms with Crippen molar-refractivity contribution in [3.8, 4) is 0 Å². The Morgan fingerprint density at radius 1 is 0.927 bits per heavy atom. The van der Waals surface area contributed by atoms with Crippen LogP contribution in [0.25, 0.3) is 10.9 Å². The van der Waals surface area contributed by atoms with E-state index in [0.717, 1.165) is 51.4 Å². The van der Waals surface area contributed by atoms with E-state index >= 15 is 0 Å². The van der Waals surface area contributed by atoms with Gasteiger partial charge >= 0.3 is 0 Å². The zero-order valence-electron chi connectivity index (χ0n) is 31.9. The molecule has 2 aromatic rings. The molecule has 5 amide bonds. The number of aliphatic hydroxyl groups is 1. The number of primary amides is 1. The van der Waals surface area contributed by atoms with Crippen LogP contribution in [-0.4, -0.2) is 104 Å². The van der Waals surface area contributed by atoms with Gasteiger partial charge in [-0.15, -0.1) is 0 Å². The zero-order valence-corrected chi connectivity index (χ0v) is 31.9. The molecule has 14 nitrogen and oxygen atoms in total. The average Bonchev–Trinajstić information content (AvgIpc) is 3.80. The van der Waals surface area contributed by atoms with E-state index in [-0.39, 0.29) is 74.0 Å². The summed E-state index contributed by atoms with van der Waals surface area (Å²) >= 11 is 0. The van der Waals surface area contributed by atoms with E-state index in [1.807, 2.05) is 4.90 Å².